The topological polar surface area (TPSA) is 63.8 Å². The molecule has 96 valence electrons. The van der Waals surface area contributed by atoms with Gasteiger partial charge in [0.05, 0.1) is 6.54 Å². The van der Waals surface area contributed by atoms with Gasteiger partial charge in [-0.25, -0.2) is 9.97 Å². The minimum Gasteiger partial charge on any atom is -0.383 e. The second-order valence-corrected chi connectivity index (χ2v) is 5.77. The highest BCUT2D eigenvalue weighted by atomic mass is 32.2. The van der Waals surface area contributed by atoms with E-state index < -0.39 is 0 Å². The Morgan fingerprint density at radius 2 is 2.11 bits per heavy atom. The van der Waals surface area contributed by atoms with E-state index in [9.17, 15) is 0 Å². The number of nitrogen functional groups attached to an aromatic ring is 1. The summed E-state index contributed by atoms with van der Waals surface area (Å²) in [5.41, 5.74) is 5.73. The Morgan fingerprint density at radius 1 is 1.33 bits per heavy atom. The first-order chi connectivity index (χ1) is 8.71. The molecule has 0 bridgehead atoms. The number of thioether (sulfide) groups is 1. The third-order valence-electron chi connectivity index (χ3n) is 2.42. The van der Waals surface area contributed by atoms with Crippen LogP contribution in [0.1, 0.15) is 16.7 Å². The first kappa shape index (κ1) is 13.2. The van der Waals surface area contributed by atoms with Crippen LogP contribution in [0.25, 0.3) is 0 Å². The molecule has 2 aromatic rings. The number of hydrogen-bond acceptors (Lipinski definition) is 6. The molecule has 0 aliphatic carbocycles. The molecule has 0 aromatic carbocycles. The van der Waals surface area contributed by atoms with E-state index in [4.69, 9.17) is 5.73 Å². The molecule has 0 radical (unpaired) electrons. The fraction of sp³-hybridized carbons (Fsp3) is 0.333. The van der Waals surface area contributed by atoms with Crippen LogP contribution in [-0.2, 0) is 13.0 Å². The van der Waals surface area contributed by atoms with Gasteiger partial charge in [-0.15, -0.1) is 11.3 Å². The van der Waals surface area contributed by atoms with E-state index in [0.717, 1.165) is 18.8 Å². The third-order valence-corrected chi connectivity index (χ3v) is 4.19. The minimum absolute atomic E-state index is 0.497. The molecule has 0 amide bonds. The maximum atomic E-state index is 5.73. The van der Waals surface area contributed by atoms with Crippen LogP contribution in [0, 0.1) is 0 Å². The molecular formula is C12H16N4S2. The summed E-state index contributed by atoms with van der Waals surface area (Å²) in [4.78, 5) is 11.2. The SMILES string of the molecule is CCc1ccc(CNc2cc(N)nc(SC)n2)s1. The van der Waals surface area contributed by atoms with E-state index in [1.807, 2.05) is 17.6 Å². The van der Waals surface area contributed by atoms with Crippen molar-refractivity contribution >= 4 is 34.7 Å². The molecule has 2 heterocycles. The van der Waals surface area contributed by atoms with Crippen molar-refractivity contribution in [2.24, 2.45) is 0 Å². The van der Waals surface area contributed by atoms with E-state index in [2.05, 4.69) is 34.3 Å². The maximum Gasteiger partial charge on any atom is 0.191 e. The standard InChI is InChI=1S/C12H16N4S2/c1-3-8-4-5-9(18-8)7-14-11-6-10(13)15-12(16-11)17-2/h4-6H,3,7H2,1-2H3,(H3,13,14,15,16). The third kappa shape index (κ3) is 3.36. The van der Waals surface area contributed by atoms with Gasteiger partial charge in [-0.05, 0) is 24.8 Å². The summed E-state index contributed by atoms with van der Waals surface area (Å²) < 4.78 is 0. The molecule has 0 aliphatic rings. The summed E-state index contributed by atoms with van der Waals surface area (Å²) in [5.74, 6) is 1.27. The van der Waals surface area contributed by atoms with Gasteiger partial charge >= 0.3 is 0 Å². The van der Waals surface area contributed by atoms with Gasteiger partial charge in [0.15, 0.2) is 5.16 Å². The number of aromatic nitrogens is 2. The second-order valence-electron chi connectivity index (χ2n) is 3.74. The van der Waals surface area contributed by atoms with Crippen molar-refractivity contribution in [3.8, 4) is 0 Å². The first-order valence-corrected chi connectivity index (χ1v) is 7.75. The zero-order chi connectivity index (χ0) is 13.0. The number of rotatable bonds is 5. The van der Waals surface area contributed by atoms with Crippen LogP contribution in [-0.4, -0.2) is 16.2 Å². The molecule has 0 unspecified atom stereocenters. The maximum absolute atomic E-state index is 5.73. The van der Waals surface area contributed by atoms with Crippen LogP contribution in [0.15, 0.2) is 23.4 Å². The smallest absolute Gasteiger partial charge is 0.191 e. The van der Waals surface area contributed by atoms with E-state index in [-0.39, 0.29) is 0 Å². The van der Waals surface area contributed by atoms with Crippen molar-refractivity contribution in [3.05, 3.63) is 28.0 Å². The number of hydrogen-bond donors (Lipinski definition) is 2. The molecule has 0 saturated heterocycles. The fourth-order valence-corrected chi connectivity index (χ4v) is 2.79. The summed E-state index contributed by atoms with van der Waals surface area (Å²) in [6.07, 6.45) is 3.02. The van der Waals surface area contributed by atoms with Gasteiger partial charge in [-0.3, -0.25) is 0 Å². The molecule has 2 rings (SSSR count). The monoisotopic (exact) mass is 280 g/mol. The molecule has 0 saturated carbocycles. The summed E-state index contributed by atoms with van der Waals surface area (Å²) in [6, 6.07) is 6.08. The number of aryl methyl sites for hydroxylation is 1. The van der Waals surface area contributed by atoms with Crippen LogP contribution < -0.4 is 11.1 Å². The summed E-state index contributed by atoms with van der Waals surface area (Å²) in [5, 5.41) is 3.97. The molecule has 0 spiro atoms. The highest BCUT2D eigenvalue weighted by Gasteiger charge is 2.03. The van der Waals surface area contributed by atoms with E-state index in [1.165, 1.54) is 21.5 Å². The quantitative estimate of drug-likeness (QED) is 0.651. The van der Waals surface area contributed by atoms with Crippen molar-refractivity contribution in [1.29, 1.82) is 0 Å². The highest BCUT2D eigenvalue weighted by Crippen LogP contribution is 2.19. The lowest BCUT2D eigenvalue weighted by atomic mass is 10.3. The molecular weight excluding hydrogens is 264 g/mol. The minimum atomic E-state index is 0.497. The Kier molecular flexibility index (Phi) is 4.43. The second kappa shape index (κ2) is 6.06. The van der Waals surface area contributed by atoms with Crippen LogP contribution >= 0.6 is 23.1 Å². The first-order valence-electron chi connectivity index (χ1n) is 5.71. The van der Waals surface area contributed by atoms with Crippen molar-refractivity contribution in [2.75, 3.05) is 17.3 Å². The number of thiophene rings is 1. The molecule has 18 heavy (non-hydrogen) atoms. The molecule has 0 fully saturated rings. The van der Waals surface area contributed by atoms with E-state index in [0.29, 0.717) is 11.0 Å². The Bertz CT molecular complexity index is 525. The summed E-state index contributed by atoms with van der Waals surface area (Å²) in [6.45, 7) is 2.94. The van der Waals surface area contributed by atoms with Gasteiger partial charge in [-0.2, -0.15) is 0 Å². The average Bonchev–Trinajstić information content (AvgIpc) is 2.83. The number of nitrogens with zero attached hydrogens (tertiary/aromatic N) is 2. The Morgan fingerprint density at radius 3 is 2.78 bits per heavy atom. The largest absolute Gasteiger partial charge is 0.383 e. The lowest BCUT2D eigenvalue weighted by molar-refractivity contribution is 0.967. The van der Waals surface area contributed by atoms with Crippen molar-refractivity contribution in [2.45, 2.75) is 25.0 Å². The lowest BCUT2D eigenvalue weighted by Crippen LogP contribution is -2.03. The molecule has 6 heteroatoms. The summed E-state index contributed by atoms with van der Waals surface area (Å²) in [7, 11) is 0. The molecule has 0 atom stereocenters. The lowest BCUT2D eigenvalue weighted by Gasteiger charge is -2.06. The van der Waals surface area contributed by atoms with Crippen LogP contribution in [0.3, 0.4) is 0 Å². The molecule has 2 aromatic heterocycles. The van der Waals surface area contributed by atoms with Crippen molar-refractivity contribution in [3.63, 3.8) is 0 Å². The van der Waals surface area contributed by atoms with Crippen molar-refractivity contribution < 1.29 is 0 Å². The number of nitrogens with one attached hydrogen (secondary N) is 1. The number of nitrogens with two attached hydrogens (primary N) is 1. The summed E-state index contributed by atoms with van der Waals surface area (Å²) >= 11 is 3.31. The number of anilines is 2. The van der Waals surface area contributed by atoms with Gasteiger partial charge in [0, 0.05) is 15.8 Å². The Labute approximate surface area is 115 Å². The molecule has 4 nitrogen and oxygen atoms in total. The normalized spacial score (nSPS) is 10.6. The van der Waals surface area contributed by atoms with Crippen molar-refractivity contribution in [1.82, 2.24) is 9.97 Å². The van der Waals surface area contributed by atoms with E-state index in [1.54, 1.807) is 6.07 Å². The van der Waals surface area contributed by atoms with Crippen LogP contribution in [0.4, 0.5) is 11.6 Å². The van der Waals surface area contributed by atoms with Gasteiger partial charge in [0.2, 0.25) is 0 Å². The Balaban J connectivity index is 2.03. The fourth-order valence-electron chi connectivity index (χ4n) is 1.51. The van der Waals surface area contributed by atoms with Gasteiger partial charge in [0.25, 0.3) is 0 Å². The van der Waals surface area contributed by atoms with E-state index >= 15 is 0 Å². The zero-order valence-corrected chi connectivity index (χ0v) is 12.1. The van der Waals surface area contributed by atoms with Gasteiger partial charge in [0.1, 0.15) is 11.6 Å². The average molecular weight is 280 g/mol. The van der Waals surface area contributed by atoms with Gasteiger partial charge < -0.3 is 11.1 Å². The zero-order valence-electron chi connectivity index (χ0n) is 10.4. The van der Waals surface area contributed by atoms with Crippen LogP contribution in [0.5, 0.6) is 0 Å². The molecule has 3 N–H and O–H groups in total. The predicted molar refractivity (Wildman–Crippen MR) is 79.2 cm³/mol. The highest BCUT2D eigenvalue weighted by molar-refractivity contribution is 7.98. The van der Waals surface area contributed by atoms with Gasteiger partial charge in [-0.1, -0.05) is 18.7 Å². The van der Waals surface area contributed by atoms with Crippen LogP contribution in [0.2, 0.25) is 0 Å². The molecule has 0 aliphatic heterocycles. The predicted octanol–water partition coefficient (Wildman–Crippen LogP) is 3.02. The Hall–Kier alpha value is -1.27.